The van der Waals surface area contributed by atoms with Crippen LogP contribution in [0.25, 0.3) is 0 Å². The van der Waals surface area contributed by atoms with Crippen LogP contribution in [0.5, 0.6) is 0 Å². The van der Waals surface area contributed by atoms with Crippen LogP contribution < -0.4 is 31.3 Å². The van der Waals surface area contributed by atoms with Crippen LogP contribution in [0.15, 0.2) is 146 Å². The van der Waals surface area contributed by atoms with E-state index in [2.05, 4.69) is 250 Å². The molecule has 436 valence electrons. The second-order valence-electron chi connectivity index (χ2n) is 28.9. The summed E-state index contributed by atoms with van der Waals surface area (Å²) in [5.41, 5.74) is 1.40. The Morgan fingerprint density at radius 2 is 0.532 bits per heavy atom. The van der Waals surface area contributed by atoms with Crippen LogP contribution in [0.1, 0.15) is 66.2 Å². The molecule has 0 aromatic heterocycles. The first-order valence-corrected chi connectivity index (χ1v) is 57.9. The normalized spacial score (nSPS) is 13.2. The lowest BCUT2D eigenvalue weighted by Crippen LogP contribution is -2.45. The monoisotopic (exact) mass is 1220 g/mol. The fraction of sp³-hybridized carbons (Fsp3) is 0.565. The predicted octanol–water partition coefficient (Wildman–Crippen LogP) is 21.4. The van der Waals surface area contributed by atoms with Gasteiger partial charge in [-0.15, -0.1) is 0 Å². The van der Waals surface area contributed by atoms with Crippen LogP contribution in [-0.4, -0.2) is 69.1 Å². The highest BCUT2D eigenvalue weighted by Crippen LogP contribution is 2.43. The fourth-order valence-corrected chi connectivity index (χ4v) is 36.5. The Labute approximate surface area is 498 Å². The molecule has 0 saturated carbocycles. The molecule has 0 bridgehead atoms. The number of anilines is 1. The molecule has 5 aromatic carbocycles. The molecule has 0 saturated heterocycles. The van der Waals surface area contributed by atoms with E-state index in [0.717, 1.165) is 12.6 Å². The van der Waals surface area contributed by atoms with Crippen molar-refractivity contribution in [1.29, 1.82) is 0 Å². The first-order valence-electron chi connectivity index (χ1n) is 32.1. The van der Waals surface area contributed by atoms with Crippen LogP contribution in [0.4, 0.5) is 5.69 Å². The summed E-state index contributed by atoms with van der Waals surface area (Å²) >= 11 is 0. The highest BCUT2D eigenvalue weighted by molar-refractivity contribution is 7.74. The summed E-state index contributed by atoms with van der Waals surface area (Å²) in [7, 11) is -10.3. The highest BCUT2D eigenvalue weighted by atomic mass is 31.1. The number of hydrogen-bond acceptors (Lipinski definition) is 1. The summed E-state index contributed by atoms with van der Waals surface area (Å²) < 4.78 is 0. The molecular formula is C69H117NP2Si7. The van der Waals surface area contributed by atoms with E-state index in [1.165, 1.54) is 126 Å². The van der Waals surface area contributed by atoms with Gasteiger partial charge in [-0.2, -0.15) is 0 Å². The third-order valence-electron chi connectivity index (χ3n) is 20.2. The van der Waals surface area contributed by atoms with Crippen LogP contribution >= 0.6 is 15.8 Å². The second-order valence-corrected chi connectivity index (χ2v) is 70.4. The van der Waals surface area contributed by atoms with Crippen molar-refractivity contribution >= 4 is 104 Å². The summed E-state index contributed by atoms with van der Waals surface area (Å²) in [6, 6.07) is 80.7. The Balaban J connectivity index is 1.53. The molecule has 0 fully saturated rings. The lowest BCUT2D eigenvalue weighted by atomic mass is 10.3. The number of benzene rings is 5. The van der Waals surface area contributed by atoms with E-state index in [-0.39, 0.29) is 0 Å². The van der Waals surface area contributed by atoms with Gasteiger partial charge in [0.15, 0.2) is 0 Å². The quantitative estimate of drug-likeness (QED) is 0.0281. The minimum absolute atomic E-state index is 0.640. The summed E-state index contributed by atoms with van der Waals surface area (Å²) in [6.07, 6.45) is 10.9. The number of rotatable bonds is 38. The van der Waals surface area contributed by atoms with Gasteiger partial charge >= 0.3 is 0 Å². The maximum Gasteiger partial charge on any atom is 0.0836 e. The van der Waals surface area contributed by atoms with Gasteiger partial charge in [0.05, 0.1) is 24.2 Å². The zero-order valence-corrected chi connectivity index (χ0v) is 62.5. The van der Waals surface area contributed by atoms with E-state index < -0.39 is 72.4 Å². The highest BCUT2D eigenvalue weighted by Gasteiger charge is 2.36. The molecule has 0 atom stereocenters. The van der Waals surface area contributed by atoms with Gasteiger partial charge in [-0.05, 0) is 49.2 Å². The third kappa shape index (κ3) is 23.3. The Hall–Kier alpha value is -1.72. The molecule has 10 heteroatoms. The van der Waals surface area contributed by atoms with Gasteiger partial charge in [-0.25, -0.2) is 0 Å². The molecule has 5 rings (SSSR count). The van der Waals surface area contributed by atoms with Crippen molar-refractivity contribution in [2.24, 2.45) is 0 Å². The first-order chi connectivity index (χ1) is 37.5. The molecule has 0 spiro atoms. The topological polar surface area (TPSA) is 3.24 Å². The summed E-state index contributed by atoms with van der Waals surface area (Å²) in [6.45, 7) is 39.9. The van der Waals surface area contributed by atoms with E-state index in [0.29, 0.717) is 0 Å². The largest absolute Gasteiger partial charge is 0.362 e. The molecule has 0 unspecified atom stereocenters. The Kier molecular flexibility index (Phi) is 28.0. The van der Waals surface area contributed by atoms with Crippen molar-refractivity contribution < 1.29 is 0 Å². The number of nitrogens with zero attached hydrogens (tertiary/aromatic N) is 1. The van der Waals surface area contributed by atoms with Crippen LogP contribution in [0, 0.1) is 0 Å². The predicted molar refractivity (Wildman–Crippen MR) is 389 cm³/mol. The molecule has 5 aromatic rings. The van der Waals surface area contributed by atoms with Gasteiger partial charge in [0.25, 0.3) is 0 Å². The van der Waals surface area contributed by atoms with Crippen molar-refractivity contribution in [3.8, 4) is 0 Å². The van der Waals surface area contributed by atoms with Gasteiger partial charge in [-0.1, -0.05) is 374 Å². The van der Waals surface area contributed by atoms with Crippen molar-refractivity contribution in [2.45, 2.75) is 235 Å². The first kappa shape index (κ1) is 68.1. The van der Waals surface area contributed by atoms with Crippen molar-refractivity contribution in [3.63, 3.8) is 0 Å². The van der Waals surface area contributed by atoms with Crippen molar-refractivity contribution in [3.05, 3.63) is 146 Å². The molecule has 1 nitrogen and oxygen atoms in total. The smallest absolute Gasteiger partial charge is 0.0836 e. The minimum atomic E-state index is -1.86. The number of hydrogen-bond donors (Lipinski definition) is 0. The molecule has 0 radical (unpaired) electrons. The lowest BCUT2D eigenvalue weighted by molar-refractivity contribution is 0.888. The Morgan fingerprint density at radius 3 is 0.772 bits per heavy atom. The Bertz CT molecular complexity index is 2170. The second kappa shape index (κ2) is 32.5. The maximum absolute atomic E-state index is 2.89. The molecular weight excluding hydrogens is 1100 g/mol. The van der Waals surface area contributed by atoms with Gasteiger partial charge in [0, 0.05) is 50.6 Å². The van der Waals surface area contributed by atoms with Gasteiger partial charge in [0.2, 0.25) is 0 Å². The maximum atomic E-state index is 2.89. The van der Waals surface area contributed by atoms with Gasteiger partial charge < -0.3 is 4.90 Å². The zero-order valence-electron chi connectivity index (χ0n) is 53.7. The van der Waals surface area contributed by atoms with Crippen molar-refractivity contribution in [1.82, 2.24) is 0 Å². The Morgan fingerprint density at radius 1 is 0.291 bits per heavy atom. The van der Waals surface area contributed by atoms with Crippen molar-refractivity contribution in [2.75, 3.05) is 17.5 Å². The van der Waals surface area contributed by atoms with Crippen LogP contribution in [0.2, 0.25) is 169 Å². The summed E-state index contributed by atoms with van der Waals surface area (Å²) in [4.78, 5) is 2.82. The average Bonchev–Trinajstić information content (AvgIpc) is 3.45. The summed E-state index contributed by atoms with van der Waals surface area (Å²) in [5.74, 6) is 0. The van der Waals surface area contributed by atoms with E-state index in [4.69, 9.17) is 0 Å². The zero-order chi connectivity index (χ0) is 57.6. The third-order valence-corrected chi connectivity index (χ3v) is 53.6. The summed E-state index contributed by atoms with van der Waals surface area (Å²) in [5, 5.41) is 7.57. The van der Waals surface area contributed by atoms with Crippen LogP contribution in [0.3, 0.4) is 0 Å². The minimum Gasteiger partial charge on any atom is -0.362 e. The van der Waals surface area contributed by atoms with E-state index in [1.807, 2.05) is 0 Å². The molecule has 0 aliphatic carbocycles. The molecule has 0 N–H and O–H groups in total. The molecule has 0 amide bonds. The van der Waals surface area contributed by atoms with E-state index >= 15 is 0 Å². The molecule has 0 heterocycles. The average molecular weight is 1220 g/mol. The molecule has 0 aliphatic heterocycles. The standard InChI is InChI=1S/C69H117NP2Si7/c1-16-73(5,6)50-32-54-77(13,55-33-51-74(7,8)17-2)58-36-60-79(15,61-37-59-78(14,56-34-52-75(9,10)18-3)57-35-53-76(11,12)19-4)69-48-46-64(47-49-69)70(62-71(65-38-24-20-25-39-65)66-40-26-21-27-41-66)63-72(67-42-28-22-29-43-67)68-44-30-23-31-45-68/h20-31,38-49H,16-19,32-37,50-63H2,1-15H3. The van der Waals surface area contributed by atoms with E-state index in [1.54, 1.807) is 41.5 Å². The fourth-order valence-electron chi connectivity index (χ4n) is 12.3. The van der Waals surface area contributed by atoms with Crippen LogP contribution in [-0.2, 0) is 0 Å². The lowest BCUT2D eigenvalue weighted by Gasteiger charge is -2.36. The van der Waals surface area contributed by atoms with E-state index in [9.17, 15) is 0 Å². The molecule has 0 aliphatic rings. The van der Waals surface area contributed by atoms with Gasteiger partial charge in [-0.3, -0.25) is 0 Å². The van der Waals surface area contributed by atoms with Gasteiger partial charge in [0.1, 0.15) is 0 Å². The SMILES string of the molecule is CC[Si](C)(C)CCC[Si](C)(CCC[Si](C)(C)CC)CCC[Si](C)(CCC[Si](C)(CCC[Si](C)(C)CC)CCC[Si](C)(C)CC)c1ccc(N(CP(c2ccccc2)c2ccccc2)CP(c2ccccc2)c2ccccc2)cc1. The molecule has 79 heavy (non-hydrogen) atoms.